The molecular formula is C58H41NSSi. The molecule has 0 saturated heterocycles. The molecule has 0 aliphatic rings. The predicted octanol–water partition coefficient (Wildman–Crippen LogP) is 13.4. The van der Waals surface area contributed by atoms with E-state index < -0.39 is 8.07 Å². The van der Waals surface area contributed by atoms with Crippen LogP contribution in [0.5, 0.6) is 0 Å². The number of hydrogen-bond acceptors (Lipinski definition) is 2. The van der Waals surface area contributed by atoms with Crippen LogP contribution in [0, 0.1) is 0 Å². The van der Waals surface area contributed by atoms with Crippen LogP contribution in [-0.2, 0) is 0 Å². The highest BCUT2D eigenvalue weighted by molar-refractivity contribution is 7.26. The maximum Gasteiger partial charge on any atom is 0.179 e. The van der Waals surface area contributed by atoms with Crippen LogP contribution in [0.3, 0.4) is 0 Å². The molecule has 1 heterocycles. The van der Waals surface area contributed by atoms with E-state index in [4.69, 9.17) is 0 Å². The first-order valence-electron chi connectivity index (χ1n) is 20.9. The molecule has 0 aliphatic carbocycles. The number of thiophene rings is 1. The third-order valence-corrected chi connectivity index (χ3v) is 18.2. The van der Waals surface area contributed by atoms with Gasteiger partial charge in [0.15, 0.2) is 8.07 Å². The summed E-state index contributed by atoms with van der Waals surface area (Å²) in [5, 5.41) is 10.6. The molecule has 0 amide bonds. The van der Waals surface area contributed by atoms with Crippen molar-refractivity contribution in [2.24, 2.45) is 0 Å². The standard InChI is InChI=1S/C58H41NSSi/c1-5-18-42(19-6-1)43-34-36-46(37-35-43)59(56-32-17-31-54-52(56)38-39-55-53-30-13-14-33-57(53)60-58(54)55)47-22-15-20-44(40-47)45-21-16-29-51(41-45)61(48-23-7-2-8-24-48,49-25-9-3-10-26-49)50-27-11-4-12-28-50/h1-41H. The highest BCUT2D eigenvalue weighted by Gasteiger charge is 2.41. The van der Waals surface area contributed by atoms with E-state index in [-0.39, 0.29) is 0 Å². The topological polar surface area (TPSA) is 3.24 Å². The zero-order valence-corrected chi connectivity index (χ0v) is 35.3. The van der Waals surface area contributed by atoms with Crippen LogP contribution in [-0.4, -0.2) is 8.07 Å². The summed E-state index contributed by atoms with van der Waals surface area (Å²) in [5.74, 6) is 0. The SMILES string of the molecule is c1ccc(-c2ccc(N(c3cccc(-c4cccc([Si](c5ccccc5)(c5ccccc5)c5ccccc5)c4)c3)c3cccc4c3ccc3c5ccccc5sc43)cc2)cc1. The molecule has 0 bridgehead atoms. The summed E-state index contributed by atoms with van der Waals surface area (Å²) in [6.45, 7) is 0. The van der Waals surface area contributed by atoms with Crippen LogP contribution in [0.15, 0.2) is 249 Å². The summed E-state index contributed by atoms with van der Waals surface area (Å²) in [4.78, 5) is 2.45. The van der Waals surface area contributed by atoms with Gasteiger partial charge in [0.05, 0.1) is 5.69 Å². The molecule has 11 rings (SSSR count). The van der Waals surface area contributed by atoms with Crippen LogP contribution < -0.4 is 25.6 Å². The molecule has 0 radical (unpaired) electrons. The molecule has 1 nitrogen and oxygen atoms in total. The first kappa shape index (κ1) is 36.8. The Morgan fingerprint density at radius 1 is 0.295 bits per heavy atom. The molecule has 1 aromatic heterocycles. The van der Waals surface area contributed by atoms with Crippen molar-refractivity contribution in [3.8, 4) is 22.3 Å². The lowest BCUT2D eigenvalue weighted by Crippen LogP contribution is -2.74. The van der Waals surface area contributed by atoms with E-state index in [0.29, 0.717) is 0 Å². The van der Waals surface area contributed by atoms with Crippen molar-refractivity contribution < 1.29 is 0 Å². The molecule has 288 valence electrons. The summed E-state index contributed by atoms with van der Waals surface area (Å²) in [5.41, 5.74) is 8.15. The highest BCUT2D eigenvalue weighted by Crippen LogP contribution is 2.45. The lowest BCUT2D eigenvalue weighted by Gasteiger charge is -2.34. The second-order valence-corrected chi connectivity index (χ2v) is 20.5. The Balaban J connectivity index is 1.09. The van der Waals surface area contributed by atoms with Crippen molar-refractivity contribution in [2.75, 3.05) is 4.90 Å². The molecule has 0 N–H and O–H groups in total. The van der Waals surface area contributed by atoms with Crippen LogP contribution in [0.25, 0.3) is 53.2 Å². The molecule has 0 spiro atoms. The van der Waals surface area contributed by atoms with Crippen LogP contribution in [0.2, 0.25) is 0 Å². The molecule has 11 aromatic rings. The Morgan fingerprint density at radius 2 is 0.770 bits per heavy atom. The number of fused-ring (bicyclic) bond motifs is 5. The predicted molar refractivity (Wildman–Crippen MR) is 266 cm³/mol. The minimum atomic E-state index is -2.71. The normalized spacial score (nSPS) is 11.6. The summed E-state index contributed by atoms with van der Waals surface area (Å²) in [6.07, 6.45) is 0. The Kier molecular flexibility index (Phi) is 9.46. The fourth-order valence-electron chi connectivity index (χ4n) is 9.40. The Bertz CT molecular complexity index is 3190. The minimum absolute atomic E-state index is 1.11. The molecule has 0 fully saturated rings. The van der Waals surface area contributed by atoms with Crippen molar-refractivity contribution in [1.29, 1.82) is 0 Å². The van der Waals surface area contributed by atoms with E-state index in [9.17, 15) is 0 Å². The molecule has 0 saturated carbocycles. The van der Waals surface area contributed by atoms with E-state index in [1.807, 2.05) is 11.3 Å². The average molecular weight is 812 g/mol. The van der Waals surface area contributed by atoms with Crippen molar-refractivity contribution >= 4 is 88.2 Å². The Labute approximate surface area is 362 Å². The summed E-state index contributed by atoms with van der Waals surface area (Å²) >= 11 is 1.89. The van der Waals surface area contributed by atoms with Crippen LogP contribution in [0.1, 0.15) is 0 Å². The maximum absolute atomic E-state index is 2.71. The Hall–Kier alpha value is -7.30. The minimum Gasteiger partial charge on any atom is -0.310 e. The van der Waals surface area contributed by atoms with Gasteiger partial charge in [-0.15, -0.1) is 11.3 Å². The lowest BCUT2D eigenvalue weighted by atomic mass is 10.0. The fourth-order valence-corrected chi connectivity index (χ4v) is 15.4. The van der Waals surface area contributed by atoms with Gasteiger partial charge in [0.25, 0.3) is 0 Å². The number of benzene rings is 10. The van der Waals surface area contributed by atoms with Gasteiger partial charge in [-0.25, -0.2) is 0 Å². The second-order valence-electron chi connectivity index (χ2n) is 15.6. The second kappa shape index (κ2) is 15.7. The smallest absolute Gasteiger partial charge is 0.179 e. The van der Waals surface area contributed by atoms with Crippen LogP contribution in [0.4, 0.5) is 17.1 Å². The van der Waals surface area contributed by atoms with Gasteiger partial charge in [-0.1, -0.05) is 212 Å². The van der Waals surface area contributed by atoms with E-state index in [1.54, 1.807) is 0 Å². The molecule has 10 aromatic carbocycles. The van der Waals surface area contributed by atoms with Gasteiger partial charge in [-0.3, -0.25) is 0 Å². The number of nitrogens with zero attached hydrogens (tertiary/aromatic N) is 1. The average Bonchev–Trinajstić information content (AvgIpc) is 3.73. The molecule has 3 heteroatoms. The summed E-state index contributed by atoms with van der Waals surface area (Å²) < 4.78 is 2.64. The highest BCUT2D eigenvalue weighted by atomic mass is 32.1. The van der Waals surface area contributed by atoms with Crippen molar-refractivity contribution in [3.05, 3.63) is 249 Å². The third-order valence-electron chi connectivity index (χ3n) is 12.2. The molecule has 0 unspecified atom stereocenters. The zero-order chi connectivity index (χ0) is 40.6. The molecule has 0 atom stereocenters. The maximum atomic E-state index is 2.47. The molecule has 61 heavy (non-hydrogen) atoms. The number of hydrogen-bond donors (Lipinski definition) is 0. The van der Waals surface area contributed by atoms with Gasteiger partial charge in [0, 0.05) is 42.3 Å². The fraction of sp³-hybridized carbons (Fsp3) is 0. The van der Waals surface area contributed by atoms with Crippen molar-refractivity contribution in [3.63, 3.8) is 0 Å². The van der Waals surface area contributed by atoms with Gasteiger partial charge in [0.2, 0.25) is 0 Å². The van der Waals surface area contributed by atoms with Crippen LogP contribution >= 0.6 is 11.3 Å². The molecule has 0 aliphatic heterocycles. The first-order chi connectivity index (χ1) is 30.3. The summed E-state index contributed by atoms with van der Waals surface area (Å²) in [7, 11) is -2.71. The van der Waals surface area contributed by atoms with Gasteiger partial charge < -0.3 is 4.90 Å². The van der Waals surface area contributed by atoms with E-state index >= 15 is 0 Å². The Morgan fingerprint density at radius 3 is 1.44 bits per heavy atom. The number of anilines is 3. The monoisotopic (exact) mass is 811 g/mol. The molecular weight excluding hydrogens is 771 g/mol. The largest absolute Gasteiger partial charge is 0.310 e. The lowest BCUT2D eigenvalue weighted by molar-refractivity contribution is 1.30. The first-order valence-corrected chi connectivity index (χ1v) is 23.7. The van der Waals surface area contributed by atoms with Gasteiger partial charge in [-0.2, -0.15) is 0 Å². The number of rotatable bonds is 9. The van der Waals surface area contributed by atoms with E-state index in [0.717, 1.165) is 17.1 Å². The van der Waals surface area contributed by atoms with Crippen molar-refractivity contribution in [1.82, 2.24) is 0 Å². The quantitative estimate of drug-likeness (QED) is 0.104. The third kappa shape index (κ3) is 6.47. The van der Waals surface area contributed by atoms with Crippen molar-refractivity contribution in [2.45, 2.75) is 0 Å². The summed E-state index contributed by atoms with van der Waals surface area (Å²) in [6, 6.07) is 91.9. The zero-order valence-electron chi connectivity index (χ0n) is 33.5. The van der Waals surface area contributed by atoms with Gasteiger partial charge in [0.1, 0.15) is 0 Å². The van der Waals surface area contributed by atoms with E-state index in [1.165, 1.54) is 73.9 Å². The van der Waals surface area contributed by atoms with Gasteiger partial charge in [-0.05, 0) is 79.4 Å². The van der Waals surface area contributed by atoms with E-state index in [2.05, 4.69) is 254 Å². The van der Waals surface area contributed by atoms with Gasteiger partial charge >= 0.3 is 0 Å².